The lowest BCUT2D eigenvalue weighted by Crippen LogP contribution is -2.13. The standard InChI is InChI=1S/C3H6O3.CHNO3/c1-2(4)3(5)6;1-2-4-5-3-1/h2,4H,1H3,(H,5,6);1H. The van der Waals surface area contributed by atoms with Crippen molar-refractivity contribution in [2.45, 2.75) is 13.0 Å². The molecule has 0 spiro atoms. The molecule has 1 rings (SSSR count). The maximum absolute atomic E-state index is 9.45. The fourth-order valence-corrected chi connectivity index (χ4v) is 0.0878. The van der Waals surface area contributed by atoms with Crippen molar-refractivity contribution in [3.05, 3.63) is 0 Å². The third-order valence-corrected chi connectivity index (χ3v) is 0.556. The van der Waals surface area contributed by atoms with Gasteiger partial charge in [0, 0.05) is 0 Å². The summed E-state index contributed by atoms with van der Waals surface area (Å²) in [5.74, 6) is -1.19. The summed E-state index contributed by atoms with van der Waals surface area (Å²) in [5, 5.41) is 22.5. The SMILES string of the molecule is C1=NOOO1.CC(O)C(=O)O. The molecule has 0 bridgehead atoms. The molecule has 1 aliphatic rings. The topological polar surface area (TPSA) is 97.6 Å². The van der Waals surface area contributed by atoms with Crippen LogP contribution in [0.4, 0.5) is 0 Å². The molecular weight excluding hydrogens is 158 g/mol. The summed E-state index contributed by atoms with van der Waals surface area (Å²) in [6, 6.07) is 0. The average molecular weight is 165 g/mol. The number of aliphatic carboxylic acids is 1. The van der Waals surface area contributed by atoms with Gasteiger partial charge in [0.1, 0.15) is 6.10 Å². The fraction of sp³-hybridized carbons (Fsp3) is 0.500. The van der Waals surface area contributed by atoms with Crippen molar-refractivity contribution in [1.29, 1.82) is 0 Å². The molecule has 1 heterocycles. The van der Waals surface area contributed by atoms with Crippen molar-refractivity contribution in [2.24, 2.45) is 5.16 Å². The minimum absolute atomic E-state index is 1.04. The minimum atomic E-state index is -1.23. The number of carbonyl (C=O) groups is 1. The fourth-order valence-electron chi connectivity index (χ4n) is 0.0878. The van der Waals surface area contributed by atoms with Gasteiger partial charge in [0.05, 0.1) is 5.04 Å². The second-order valence-electron chi connectivity index (χ2n) is 1.46. The van der Waals surface area contributed by atoms with Gasteiger partial charge in [0.15, 0.2) is 0 Å². The van der Waals surface area contributed by atoms with E-state index >= 15 is 0 Å². The molecule has 11 heavy (non-hydrogen) atoms. The van der Waals surface area contributed by atoms with Gasteiger partial charge in [-0.1, -0.05) is 0 Å². The van der Waals surface area contributed by atoms with Crippen molar-refractivity contribution in [3.63, 3.8) is 0 Å². The van der Waals surface area contributed by atoms with E-state index in [9.17, 15) is 4.79 Å². The Morgan fingerprint density at radius 1 is 1.73 bits per heavy atom. The van der Waals surface area contributed by atoms with Gasteiger partial charge in [-0.15, -0.1) is 0 Å². The maximum Gasteiger partial charge on any atom is 0.332 e. The van der Waals surface area contributed by atoms with Crippen LogP contribution in [-0.4, -0.2) is 28.7 Å². The Morgan fingerprint density at radius 3 is 2.36 bits per heavy atom. The average Bonchev–Trinajstić information content (AvgIpc) is 2.41. The summed E-state index contributed by atoms with van der Waals surface area (Å²) >= 11 is 0. The first-order chi connectivity index (χ1) is 5.14. The van der Waals surface area contributed by atoms with E-state index in [1.165, 1.54) is 6.92 Å². The molecule has 64 valence electrons. The molecule has 0 aromatic rings. The van der Waals surface area contributed by atoms with Crippen LogP contribution in [0, 0.1) is 0 Å². The van der Waals surface area contributed by atoms with Crippen LogP contribution in [0.5, 0.6) is 0 Å². The van der Waals surface area contributed by atoms with Gasteiger partial charge in [0.2, 0.25) is 0 Å². The number of aliphatic hydroxyl groups is 1. The summed E-state index contributed by atoms with van der Waals surface area (Å²) in [5.41, 5.74) is 0. The number of nitrogens with zero attached hydrogens (tertiary/aromatic N) is 1. The smallest absolute Gasteiger partial charge is 0.332 e. The highest BCUT2D eigenvalue weighted by Crippen LogP contribution is 1.84. The number of aliphatic hydroxyl groups excluding tert-OH is 1. The van der Waals surface area contributed by atoms with Crippen LogP contribution in [-0.2, 0) is 19.7 Å². The second kappa shape index (κ2) is 5.45. The summed E-state index contributed by atoms with van der Waals surface area (Å²) in [4.78, 5) is 17.2. The highest BCUT2D eigenvalue weighted by molar-refractivity contribution is 5.71. The minimum Gasteiger partial charge on any atom is -0.479 e. The first-order valence-electron chi connectivity index (χ1n) is 2.56. The van der Waals surface area contributed by atoms with E-state index in [4.69, 9.17) is 10.2 Å². The van der Waals surface area contributed by atoms with E-state index in [0.29, 0.717) is 0 Å². The van der Waals surface area contributed by atoms with Crippen LogP contribution in [0.1, 0.15) is 6.92 Å². The molecule has 1 unspecified atom stereocenters. The molecule has 0 aromatic heterocycles. The molecule has 2 N–H and O–H groups in total. The number of oxime groups is 1. The highest BCUT2D eigenvalue weighted by atomic mass is 17.6. The van der Waals surface area contributed by atoms with Crippen molar-refractivity contribution >= 4 is 12.4 Å². The van der Waals surface area contributed by atoms with E-state index in [2.05, 4.69) is 20.1 Å². The summed E-state index contributed by atoms with van der Waals surface area (Å²) in [7, 11) is 0. The Balaban J connectivity index is 0.000000183. The van der Waals surface area contributed by atoms with E-state index in [1.54, 1.807) is 0 Å². The lowest BCUT2D eigenvalue weighted by Gasteiger charge is -1.89. The number of carboxylic acids is 1. The summed E-state index contributed by atoms with van der Waals surface area (Å²) < 4.78 is 0. The quantitative estimate of drug-likeness (QED) is 0.497. The highest BCUT2D eigenvalue weighted by Gasteiger charge is 2.01. The third-order valence-electron chi connectivity index (χ3n) is 0.556. The Hall–Kier alpha value is -1.34. The van der Waals surface area contributed by atoms with E-state index in [1.807, 2.05) is 0 Å². The molecule has 0 amide bonds. The normalized spacial score (nSPS) is 15.5. The maximum atomic E-state index is 9.45. The molecule has 1 aliphatic heterocycles. The number of hydrogen-bond acceptors (Lipinski definition) is 6. The Bertz CT molecular complexity index is 138. The molecule has 0 fully saturated rings. The Kier molecular flexibility index (Phi) is 4.78. The van der Waals surface area contributed by atoms with Gasteiger partial charge in [-0.2, -0.15) is 4.99 Å². The van der Waals surface area contributed by atoms with E-state index in [-0.39, 0.29) is 0 Å². The molecule has 1 atom stereocenters. The summed E-state index contributed by atoms with van der Waals surface area (Å²) in [6.45, 7) is 1.20. The molecule has 0 saturated carbocycles. The Morgan fingerprint density at radius 2 is 2.27 bits per heavy atom. The monoisotopic (exact) mass is 165 g/mol. The molecule has 0 radical (unpaired) electrons. The zero-order valence-electron chi connectivity index (χ0n) is 5.63. The van der Waals surface area contributed by atoms with Gasteiger partial charge >= 0.3 is 5.97 Å². The molecule has 7 nitrogen and oxygen atoms in total. The van der Waals surface area contributed by atoms with E-state index in [0.717, 1.165) is 6.40 Å². The van der Waals surface area contributed by atoms with Crippen LogP contribution < -0.4 is 0 Å². The van der Waals surface area contributed by atoms with Gasteiger partial charge in [-0.05, 0) is 12.1 Å². The van der Waals surface area contributed by atoms with Crippen LogP contribution in [0.15, 0.2) is 5.16 Å². The first kappa shape index (κ1) is 9.66. The Labute approximate surface area is 61.6 Å². The molecule has 0 aromatic carbocycles. The zero-order chi connectivity index (χ0) is 8.69. The van der Waals surface area contributed by atoms with Gasteiger partial charge in [-0.25, -0.2) is 4.79 Å². The molecule has 0 aliphatic carbocycles. The lowest BCUT2D eigenvalue weighted by atomic mass is 10.4. The van der Waals surface area contributed by atoms with Crippen LogP contribution in [0.2, 0.25) is 0 Å². The predicted molar refractivity (Wildman–Crippen MR) is 31.1 cm³/mol. The zero-order valence-corrected chi connectivity index (χ0v) is 5.63. The van der Waals surface area contributed by atoms with Crippen LogP contribution >= 0.6 is 0 Å². The lowest BCUT2D eigenvalue weighted by molar-refractivity contribution is -0.450. The number of rotatable bonds is 1. The van der Waals surface area contributed by atoms with Crippen LogP contribution in [0.3, 0.4) is 0 Å². The van der Waals surface area contributed by atoms with Gasteiger partial charge in [-0.3, -0.25) is 4.89 Å². The van der Waals surface area contributed by atoms with Crippen LogP contribution in [0.25, 0.3) is 0 Å². The predicted octanol–water partition coefficient (Wildman–Crippen LogP) is -0.725. The van der Waals surface area contributed by atoms with Crippen molar-refractivity contribution < 1.29 is 29.9 Å². The number of carboxylic acid groups (broad SMARTS) is 1. The summed E-state index contributed by atoms with van der Waals surface area (Å²) in [6.07, 6.45) is -0.190. The van der Waals surface area contributed by atoms with Crippen molar-refractivity contribution in [1.82, 2.24) is 0 Å². The van der Waals surface area contributed by atoms with Gasteiger partial charge < -0.3 is 10.2 Å². The second-order valence-corrected chi connectivity index (χ2v) is 1.46. The van der Waals surface area contributed by atoms with Crippen molar-refractivity contribution in [3.8, 4) is 0 Å². The van der Waals surface area contributed by atoms with Crippen molar-refractivity contribution in [2.75, 3.05) is 0 Å². The first-order valence-corrected chi connectivity index (χ1v) is 2.56. The molecule has 7 heteroatoms. The molecule has 0 saturated heterocycles. The molecular formula is C4H7NO6. The van der Waals surface area contributed by atoms with E-state index < -0.39 is 12.1 Å². The third kappa shape index (κ3) is 6.55. The largest absolute Gasteiger partial charge is 0.479 e. The van der Waals surface area contributed by atoms with Gasteiger partial charge in [0.25, 0.3) is 6.40 Å². The number of hydrogen-bond donors (Lipinski definition) is 2.